The number of fused-ring (bicyclic) bond motifs is 1. The number of nitrogens with one attached hydrogen (secondary N) is 1. The van der Waals surface area contributed by atoms with Gasteiger partial charge >= 0.3 is 0 Å². The molecule has 0 fully saturated rings. The predicted molar refractivity (Wildman–Crippen MR) is 76.4 cm³/mol. The van der Waals surface area contributed by atoms with Crippen molar-refractivity contribution in [1.82, 2.24) is 5.32 Å². The molecule has 100 valence electrons. The summed E-state index contributed by atoms with van der Waals surface area (Å²) in [6, 6.07) is 4.81. The zero-order valence-electron chi connectivity index (χ0n) is 12.3. The lowest BCUT2D eigenvalue weighted by molar-refractivity contribution is 0.306. The van der Waals surface area contributed by atoms with Crippen LogP contribution >= 0.6 is 0 Å². The summed E-state index contributed by atoms with van der Waals surface area (Å²) in [7, 11) is 0. The van der Waals surface area contributed by atoms with Crippen molar-refractivity contribution < 1.29 is 4.74 Å². The minimum atomic E-state index is 0.136. The molecule has 0 bridgehead atoms. The molecule has 1 aliphatic rings. The molecule has 1 N–H and O–H groups in total. The molecule has 0 aromatic heterocycles. The Morgan fingerprint density at radius 2 is 2.06 bits per heavy atom. The quantitative estimate of drug-likeness (QED) is 0.879. The van der Waals surface area contributed by atoms with Gasteiger partial charge in [-0.1, -0.05) is 39.8 Å². The third-order valence-corrected chi connectivity index (χ3v) is 3.61. The van der Waals surface area contributed by atoms with Crippen molar-refractivity contribution in [2.75, 3.05) is 13.2 Å². The van der Waals surface area contributed by atoms with Gasteiger partial charge in [0.1, 0.15) is 12.4 Å². The topological polar surface area (TPSA) is 21.3 Å². The highest BCUT2D eigenvalue weighted by molar-refractivity contribution is 5.52. The van der Waals surface area contributed by atoms with Crippen LogP contribution < -0.4 is 10.1 Å². The molecular weight excluding hydrogens is 222 g/mol. The van der Waals surface area contributed by atoms with Crippen LogP contribution in [0.4, 0.5) is 0 Å². The maximum absolute atomic E-state index is 5.98. The molecule has 1 unspecified atom stereocenters. The summed E-state index contributed by atoms with van der Waals surface area (Å²) in [5.74, 6) is 1.12. The minimum absolute atomic E-state index is 0.136. The Morgan fingerprint density at radius 1 is 1.33 bits per heavy atom. The molecule has 0 saturated carbocycles. The van der Waals surface area contributed by atoms with Gasteiger partial charge in [-0.3, -0.25) is 0 Å². The van der Waals surface area contributed by atoms with Crippen LogP contribution in [0.2, 0.25) is 0 Å². The normalized spacial score (nSPS) is 18.6. The monoisotopic (exact) mass is 247 g/mol. The van der Waals surface area contributed by atoms with Gasteiger partial charge in [-0.25, -0.2) is 0 Å². The van der Waals surface area contributed by atoms with Crippen molar-refractivity contribution in [3.8, 4) is 5.75 Å². The van der Waals surface area contributed by atoms with Crippen LogP contribution in [0.15, 0.2) is 12.1 Å². The third-order valence-electron chi connectivity index (χ3n) is 3.61. The van der Waals surface area contributed by atoms with E-state index in [1.807, 2.05) is 0 Å². The molecule has 1 aliphatic heterocycles. The van der Waals surface area contributed by atoms with Crippen molar-refractivity contribution in [2.45, 2.75) is 52.5 Å². The first-order valence-corrected chi connectivity index (χ1v) is 6.95. The third kappa shape index (κ3) is 2.39. The molecule has 2 rings (SSSR count). The molecule has 2 heteroatoms. The number of benzene rings is 1. The largest absolute Gasteiger partial charge is 0.491 e. The lowest BCUT2D eigenvalue weighted by Crippen LogP contribution is -2.23. The average Bonchev–Trinajstić information content (AvgIpc) is 2.69. The van der Waals surface area contributed by atoms with Gasteiger partial charge in [-0.2, -0.15) is 0 Å². The lowest BCUT2D eigenvalue weighted by atomic mass is 9.84. The highest BCUT2D eigenvalue weighted by atomic mass is 16.5. The number of rotatable bonds is 3. The first kappa shape index (κ1) is 13.4. The van der Waals surface area contributed by atoms with Gasteiger partial charge in [0.15, 0.2) is 0 Å². The fraction of sp³-hybridized carbons (Fsp3) is 0.625. The van der Waals surface area contributed by atoms with Gasteiger partial charge < -0.3 is 10.1 Å². The van der Waals surface area contributed by atoms with Crippen LogP contribution in [-0.4, -0.2) is 13.2 Å². The van der Waals surface area contributed by atoms with Crippen LogP contribution in [0.3, 0.4) is 0 Å². The van der Waals surface area contributed by atoms with E-state index < -0.39 is 0 Å². The van der Waals surface area contributed by atoms with E-state index in [9.17, 15) is 0 Å². The Kier molecular flexibility index (Phi) is 3.67. The second-order valence-electron chi connectivity index (χ2n) is 6.24. The van der Waals surface area contributed by atoms with Gasteiger partial charge in [-0.15, -0.1) is 0 Å². The predicted octanol–water partition coefficient (Wildman–Crippen LogP) is 3.73. The molecule has 2 nitrogen and oxygen atoms in total. The number of hydrogen-bond donors (Lipinski definition) is 1. The highest BCUT2D eigenvalue weighted by Gasteiger charge is 2.31. The lowest BCUT2D eigenvalue weighted by Gasteiger charge is -2.23. The van der Waals surface area contributed by atoms with E-state index in [2.05, 4.69) is 52.1 Å². The molecule has 1 aromatic carbocycles. The molecule has 0 amide bonds. The van der Waals surface area contributed by atoms with Crippen molar-refractivity contribution in [1.29, 1.82) is 0 Å². The minimum Gasteiger partial charge on any atom is -0.491 e. The van der Waals surface area contributed by atoms with Gasteiger partial charge in [0.25, 0.3) is 0 Å². The smallest absolute Gasteiger partial charge is 0.128 e. The Balaban J connectivity index is 2.40. The van der Waals surface area contributed by atoms with Crippen LogP contribution in [0.5, 0.6) is 5.75 Å². The maximum atomic E-state index is 5.98. The van der Waals surface area contributed by atoms with Crippen LogP contribution in [0, 0.1) is 6.92 Å². The molecule has 0 aliphatic carbocycles. The summed E-state index contributed by atoms with van der Waals surface area (Å²) in [5, 5.41) is 3.58. The van der Waals surface area contributed by atoms with Crippen molar-refractivity contribution in [3.05, 3.63) is 28.8 Å². The Morgan fingerprint density at radius 3 is 2.67 bits per heavy atom. The summed E-state index contributed by atoms with van der Waals surface area (Å²) in [6.45, 7) is 12.9. The van der Waals surface area contributed by atoms with Gasteiger partial charge in [0.05, 0.1) is 6.04 Å². The molecule has 1 aromatic rings. The van der Waals surface area contributed by atoms with E-state index in [4.69, 9.17) is 4.74 Å². The van der Waals surface area contributed by atoms with Gasteiger partial charge in [0.2, 0.25) is 0 Å². The van der Waals surface area contributed by atoms with E-state index in [1.54, 1.807) is 0 Å². The summed E-state index contributed by atoms with van der Waals surface area (Å²) in [4.78, 5) is 0. The van der Waals surface area contributed by atoms with Crippen LogP contribution in [-0.2, 0) is 5.41 Å². The first-order chi connectivity index (χ1) is 8.45. The Hall–Kier alpha value is -1.02. The fourth-order valence-corrected chi connectivity index (χ4v) is 2.61. The summed E-state index contributed by atoms with van der Waals surface area (Å²) >= 11 is 0. The van der Waals surface area contributed by atoms with Crippen molar-refractivity contribution >= 4 is 0 Å². The Labute approximate surface area is 111 Å². The van der Waals surface area contributed by atoms with E-state index in [0.29, 0.717) is 6.04 Å². The number of ether oxygens (including phenoxy) is 1. The molecule has 18 heavy (non-hydrogen) atoms. The van der Waals surface area contributed by atoms with Gasteiger partial charge in [0, 0.05) is 5.56 Å². The molecule has 0 spiro atoms. The SMILES string of the molecule is CCCNC1COc2c(C(C)(C)C)ccc(C)c21. The molecule has 0 saturated heterocycles. The van der Waals surface area contributed by atoms with Crippen molar-refractivity contribution in [3.63, 3.8) is 0 Å². The fourth-order valence-electron chi connectivity index (χ4n) is 2.61. The molecule has 0 radical (unpaired) electrons. The van der Waals surface area contributed by atoms with E-state index >= 15 is 0 Å². The maximum Gasteiger partial charge on any atom is 0.128 e. The van der Waals surface area contributed by atoms with E-state index in [-0.39, 0.29) is 5.41 Å². The summed E-state index contributed by atoms with van der Waals surface area (Å²) < 4.78 is 5.98. The summed E-state index contributed by atoms with van der Waals surface area (Å²) in [6.07, 6.45) is 1.16. The van der Waals surface area contributed by atoms with Crippen LogP contribution in [0.1, 0.15) is 56.8 Å². The second kappa shape index (κ2) is 4.93. The van der Waals surface area contributed by atoms with E-state index in [1.165, 1.54) is 16.7 Å². The molecule has 1 atom stereocenters. The Bertz CT molecular complexity index is 431. The van der Waals surface area contributed by atoms with Crippen LogP contribution in [0.25, 0.3) is 0 Å². The van der Waals surface area contributed by atoms with Crippen molar-refractivity contribution in [2.24, 2.45) is 0 Å². The average molecular weight is 247 g/mol. The molecular formula is C16H25NO. The van der Waals surface area contributed by atoms with Gasteiger partial charge in [-0.05, 0) is 36.4 Å². The molecule has 1 heterocycles. The first-order valence-electron chi connectivity index (χ1n) is 6.95. The van der Waals surface area contributed by atoms with E-state index in [0.717, 1.165) is 25.3 Å². The zero-order valence-corrected chi connectivity index (χ0v) is 12.3. The second-order valence-corrected chi connectivity index (χ2v) is 6.24. The standard InChI is InChI=1S/C16H25NO/c1-6-9-17-13-10-18-15-12(16(3,4)5)8-7-11(2)14(13)15/h7-8,13,17H,6,9-10H2,1-5H3. The summed E-state index contributed by atoms with van der Waals surface area (Å²) in [5.41, 5.74) is 4.17. The number of aryl methyl sites for hydroxylation is 1. The zero-order chi connectivity index (χ0) is 13.3. The highest BCUT2D eigenvalue weighted by Crippen LogP contribution is 2.42. The number of hydrogen-bond acceptors (Lipinski definition) is 2.